The maximum atomic E-state index is 13.1. The Morgan fingerprint density at radius 1 is 1.03 bits per heavy atom. The number of hydrogen-bond acceptors (Lipinski definition) is 3. The van der Waals surface area contributed by atoms with Gasteiger partial charge in [-0.3, -0.25) is 4.98 Å². The number of rotatable bonds is 4. The molecular formula is C21H14F3N3O2. The number of pyridine rings is 1. The Labute approximate surface area is 163 Å². The topological polar surface area (TPSA) is 68.0 Å². The van der Waals surface area contributed by atoms with E-state index in [9.17, 15) is 23.1 Å². The monoisotopic (exact) mass is 397 g/mol. The van der Waals surface area contributed by atoms with Gasteiger partial charge in [-0.2, -0.15) is 13.2 Å². The van der Waals surface area contributed by atoms with Crippen LogP contribution in [0.2, 0.25) is 0 Å². The van der Waals surface area contributed by atoms with Crippen molar-refractivity contribution in [1.29, 1.82) is 0 Å². The van der Waals surface area contributed by atoms with Crippen molar-refractivity contribution in [3.63, 3.8) is 0 Å². The highest BCUT2D eigenvalue weighted by Crippen LogP contribution is 2.32. The first-order chi connectivity index (χ1) is 13.8. The van der Waals surface area contributed by atoms with Gasteiger partial charge in [-0.05, 0) is 22.4 Å². The van der Waals surface area contributed by atoms with Crippen molar-refractivity contribution in [2.75, 3.05) is 0 Å². The number of hydrogen-bond donors (Lipinski definition) is 1. The lowest BCUT2D eigenvalue weighted by Crippen LogP contribution is -2.12. The molecule has 0 aliphatic rings. The van der Waals surface area contributed by atoms with Crippen LogP contribution in [0.3, 0.4) is 0 Å². The van der Waals surface area contributed by atoms with E-state index in [2.05, 4.69) is 9.97 Å². The number of aromatic carboxylic acids is 1. The van der Waals surface area contributed by atoms with Gasteiger partial charge in [0.1, 0.15) is 11.5 Å². The van der Waals surface area contributed by atoms with E-state index in [-0.39, 0.29) is 23.6 Å². The molecule has 0 spiro atoms. The van der Waals surface area contributed by atoms with Crippen molar-refractivity contribution < 1.29 is 23.1 Å². The number of imidazole rings is 1. The van der Waals surface area contributed by atoms with Gasteiger partial charge < -0.3 is 9.67 Å². The van der Waals surface area contributed by atoms with E-state index in [0.717, 1.165) is 34.8 Å². The highest BCUT2D eigenvalue weighted by molar-refractivity contribution is 5.88. The van der Waals surface area contributed by atoms with Gasteiger partial charge in [-0.15, -0.1) is 0 Å². The molecule has 0 saturated carbocycles. The first-order valence-corrected chi connectivity index (χ1v) is 8.62. The summed E-state index contributed by atoms with van der Waals surface area (Å²) in [6, 6.07) is 14.2. The fraction of sp³-hybridized carbons (Fsp3) is 0.0952. The van der Waals surface area contributed by atoms with Crippen LogP contribution in [0.15, 0.2) is 67.1 Å². The summed E-state index contributed by atoms with van der Waals surface area (Å²) in [6.07, 6.45) is -1.46. The van der Waals surface area contributed by atoms with Crippen molar-refractivity contribution in [3.05, 3.63) is 83.9 Å². The number of nitrogens with zero attached hydrogens (tertiary/aromatic N) is 3. The summed E-state index contributed by atoms with van der Waals surface area (Å²) < 4.78 is 40.6. The van der Waals surface area contributed by atoms with Crippen LogP contribution in [-0.4, -0.2) is 25.6 Å². The van der Waals surface area contributed by atoms with E-state index in [1.165, 1.54) is 10.8 Å². The standard InChI is InChI=1S/C21H14F3N3O2/c22-21(23,24)16-8-15(9-25-10-16)19-26-11-18(20(28)29)27(19)12-14-6-3-5-13-4-1-2-7-17(13)14/h1-11H,12H2,(H,28,29). The van der Waals surface area contributed by atoms with Gasteiger partial charge >= 0.3 is 12.1 Å². The molecule has 0 atom stereocenters. The minimum atomic E-state index is -4.56. The van der Waals surface area contributed by atoms with Gasteiger partial charge in [0.2, 0.25) is 0 Å². The second-order valence-corrected chi connectivity index (χ2v) is 6.46. The predicted molar refractivity (Wildman–Crippen MR) is 100 cm³/mol. The molecule has 146 valence electrons. The quantitative estimate of drug-likeness (QED) is 0.534. The molecule has 0 aliphatic carbocycles. The fourth-order valence-electron chi connectivity index (χ4n) is 3.25. The zero-order valence-electron chi connectivity index (χ0n) is 14.9. The van der Waals surface area contributed by atoms with Crippen molar-refractivity contribution in [2.24, 2.45) is 0 Å². The van der Waals surface area contributed by atoms with Gasteiger partial charge in [-0.25, -0.2) is 9.78 Å². The number of benzene rings is 2. The highest BCUT2D eigenvalue weighted by atomic mass is 19.4. The number of aromatic nitrogens is 3. The second kappa shape index (κ2) is 7.05. The maximum Gasteiger partial charge on any atom is 0.417 e. The van der Waals surface area contributed by atoms with Crippen LogP contribution < -0.4 is 0 Å². The van der Waals surface area contributed by atoms with Crippen molar-refractivity contribution in [3.8, 4) is 11.4 Å². The van der Waals surface area contributed by atoms with Crippen molar-refractivity contribution in [2.45, 2.75) is 12.7 Å². The summed E-state index contributed by atoms with van der Waals surface area (Å²) in [4.78, 5) is 19.4. The van der Waals surface area contributed by atoms with E-state index >= 15 is 0 Å². The summed E-state index contributed by atoms with van der Waals surface area (Å²) in [6.45, 7) is 0.133. The van der Waals surface area contributed by atoms with Crippen LogP contribution >= 0.6 is 0 Å². The SMILES string of the molecule is O=C(O)c1cnc(-c2cncc(C(F)(F)F)c2)n1Cc1cccc2ccccc12. The number of alkyl halides is 3. The largest absolute Gasteiger partial charge is 0.477 e. The van der Waals surface area contributed by atoms with Crippen LogP contribution in [0.25, 0.3) is 22.2 Å². The summed E-state index contributed by atoms with van der Waals surface area (Å²) in [5.74, 6) is -1.11. The molecule has 4 aromatic rings. The lowest BCUT2D eigenvalue weighted by molar-refractivity contribution is -0.137. The Kier molecular flexibility index (Phi) is 4.54. The van der Waals surface area contributed by atoms with E-state index in [4.69, 9.17) is 0 Å². The van der Waals surface area contributed by atoms with Crippen molar-refractivity contribution >= 4 is 16.7 Å². The van der Waals surface area contributed by atoms with Crippen LogP contribution in [0.4, 0.5) is 13.2 Å². The number of carboxylic acid groups (broad SMARTS) is 1. The molecule has 0 radical (unpaired) electrons. The Bertz CT molecular complexity index is 1210. The Hall–Kier alpha value is -3.68. The molecule has 1 N–H and O–H groups in total. The van der Waals surface area contributed by atoms with Crippen LogP contribution in [-0.2, 0) is 12.7 Å². The molecule has 2 aromatic heterocycles. The summed E-state index contributed by atoms with van der Waals surface area (Å²) in [5.41, 5.74) is -0.130. The molecule has 29 heavy (non-hydrogen) atoms. The molecule has 4 rings (SSSR count). The molecule has 0 bridgehead atoms. The minimum Gasteiger partial charge on any atom is -0.477 e. The van der Waals surface area contributed by atoms with Gasteiger partial charge in [0.15, 0.2) is 0 Å². The van der Waals surface area contributed by atoms with Gasteiger partial charge in [0.25, 0.3) is 0 Å². The fourth-order valence-corrected chi connectivity index (χ4v) is 3.25. The smallest absolute Gasteiger partial charge is 0.417 e. The Morgan fingerprint density at radius 2 is 1.79 bits per heavy atom. The summed E-state index contributed by atoms with van der Waals surface area (Å²) >= 11 is 0. The molecule has 0 aliphatic heterocycles. The molecule has 5 nitrogen and oxygen atoms in total. The summed E-state index contributed by atoms with van der Waals surface area (Å²) in [5, 5.41) is 11.4. The number of carbonyl (C=O) groups is 1. The predicted octanol–water partition coefficient (Wildman–Crippen LogP) is 4.86. The maximum absolute atomic E-state index is 13.1. The third-order valence-corrected chi connectivity index (χ3v) is 4.61. The van der Waals surface area contributed by atoms with Crippen LogP contribution in [0.5, 0.6) is 0 Å². The lowest BCUT2D eigenvalue weighted by atomic mass is 10.0. The normalized spacial score (nSPS) is 11.7. The highest BCUT2D eigenvalue weighted by Gasteiger charge is 2.31. The Balaban J connectivity index is 1.86. The molecule has 0 unspecified atom stereocenters. The lowest BCUT2D eigenvalue weighted by Gasteiger charge is -2.13. The second-order valence-electron chi connectivity index (χ2n) is 6.46. The third-order valence-electron chi connectivity index (χ3n) is 4.61. The molecule has 8 heteroatoms. The van der Waals surface area contributed by atoms with Crippen LogP contribution in [0, 0.1) is 0 Å². The molecule has 0 fully saturated rings. The number of halogens is 3. The minimum absolute atomic E-state index is 0.0903. The zero-order chi connectivity index (χ0) is 20.6. The average molecular weight is 397 g/mol. The van der Waals surface area contributed by atoms with Gasteiger partial charge in [0, 0.05) is 18.0 Å². The zero-order valence-corrected chi connectivity index (χ0v) is 14.9. The first kappa shape index (κ1) is 18.7. The van der Waals surface area contributed by atoms with Gasteiger partial charge in [-0.1, -0.05) is 42.5 Å². The van der Waals surface area contributed by atoms with E-state index in [1.807, 2.05) is 42.5 Å². The molecular weight excluding hydrogens is 383 g/mol. The van der Waals surface area contributed by atoms with E-state index in [1.54, 1.807) is 0 Å². The molecule has 2 aromatic carbocycles. The number of fused-ring (bicyclic) bond motifs is 1. The van der Waals surface area contributed by atoms with Gasteiger partial charge in [0.05, 0.1) is 18.3 Å². The third kappa shape index (κ3) is 3.56. The molecule has 0 amide bonds. The van der Waals surface area contributed by atoms with E-state index in [0.29, 0.717) is 0 Å². The average Bonchev–Trinajstić information content (AvgIpc) is 3.12. The Morgan fingerprint density at radius 3 is 2.55 bits per heavy atom. The molecule has 2 heterocycles. The first-order valence-electron chi connectivity index (χ1n) is 8.62. The van der Waals surface area contributed by atoms with Crippen molar-refractivity contribution in [1.82, 2.24) is 14.5 Å². The van der Waals surface area contributed by atoms with E-state index < -0.39 is 17.7 Å². The molecule has 0 saturated heterocycles. The number of carboxylic acids is 1. The van der Waals surface area contributed by atoms with Crippen LogP contribution in [0.1, 0.15) is 21.6 Å². The summed E-state index contributed by atoms with van der Waals surface area (Å²) in [7, 11) is 0.